The fourth-order valence-corrected chi connectivity index (χ4v) is 0.879. The van der Waals surface area contributed by atoms with Crippen LogP contribution in [0.25, 0.3) is 0 Å². The Bertz CT molecular complexity index is 241. The van der Waals surface area contributed by atoms with E-state index in [0.29, 0.717) is 4.77 Å². The molecule has 3 heteroatoms. The molecule has 1 aromatic heterocycles. The van der Waals surface area contributed by atoms with E-state index >= 15 is 0 Å². The summed E-state index contributed by atoms with van der Waals surface area (Å²) < 4.78 is 2.56. The van der Waals surface area contributed by atoms with Crippen LogP contribution in [0.4, 0.5) is 0 Å². The van der Waals surface area contributed by atoms with Gasteiger partial charge in [-0.25, -0.2) is 4.98 Å². The fourth-order valence-electron chi connectivity index (χ4n) is 0.628. The van der Waals surface area contributed by atoms with Crippen LogP contribution >= 0.6 is 12.2 Å². The van der Waals surface area contributed by atoms with Crippen LogP contribution in [0.5, 0.6) is 0 Å². The smallest absolute Gasteiger partial charge is 0.199 e. The van der Waals surface area contributed by atoms with E-state index in [0.717, 1.165) is 6.54 Å². The van der Waals surface area contributed by atoms with Crippen molar-refractivity contribution in [3.63, 3.8) is 0 Å². The predicted octanol–water partition coefficient (Wildman–Crippen LogP) is 1.63. The summed E-state index contributed by atoms with van der Waals surface area (Å²) >= 11 is 4.90. The van der Waals surface area contributed by atoms with E-state index in [2.05, 4.69) is 4.98 Å². The number of nitrogens with zero attached hydrogens (tertiary/aromatic N) is 2. The van der Waals surface area contributed by atoms with Gasteiger partial charge in [-0.05, 0) is 25.2 Å². The molecule has 1 heterocycles. The second-order valence-corrected chi connectivity index (χ2v) is 2.05. The van der Waals surface area contributed by atoms with Crippen molar-refractivity contribution in [2.24, 2.45) is 0 Å². The zero-order chi connectivity index (χ0) is 6.69. The van der Waals surface area contributed by atoms with Crippen LogP contribution in [0.1, 0.15) is 6.92 Å². The summed E-state index contributed by atoms with van der Waals surface area (Å²) in [6, 6.07) is 1.87. The van der Waals surface area contributed by atoms with Gasteiger partial charge < -0.3 is 4.57 Å². The van der Waals surface area contributed by atoms with Crippen LogP contribution in [0.3, 0.4) is 0 Å². The minimum Gasteiger partial charge on any atom is -0.324 e. The van der Waals surface area contributed by atoms with Gasteiger partial charge in [-0.1, -0.05) is 0 Å². The molecule has 0 unspecified atom stereocenters. The maximum absolute atomic E-state index is 4.90. The standard InChI is InChI=1S/C6H8N2S/c1-2-8-5-3-4-7-6(8)9/h3-5H,2H2,1H3. The van der Waals surface area contributed by atoms with Gasteiger partial charge in [0, 0.05) is 18.9 Å². The van der Waals surface area contributed by atoms with Gasteiger partial charge in [-0.3, -0.25) is 0 Å². The Morgan fingerprint density at radius 1 is 1.78 bits per heavy atom. The lowest BCUT2D eigenvalue weighted by Gasteiger charge is -1.97. The molecule has 0 aliphatic rings. The summed E-state index contributed by atoms with van der Waals surface area (Å²) in [4.78, 5) is 3.93. The van der Waals surface area contributed by atoms with Crippen molar-refractivity contribution >= 4 is 12.2 Å². The van der Waals surface area contributed by atoms with Gasteiger partial charge >= 0.3 is 0 Å². The average Bonchev–Trinajstić information content (AvgIpc) is 1.89. The number of aromatic nitrogens is 2. The summed E-state index contributed by atoms with van der Waals surface area (Å²) in [6.45, 7) is 2.93. The third-order valence-corrected chi connectivity index (χ3v) is 1.46. The number of aryl methyl sites for hydroxylation is 1. The topological polar surface area (TPSA) is 17.8 Å². The lowest BCUT2D eigenvalue weighted by Crippen LogP contribution is -1.96. The van der Waals surface area contributed by atoms with E-state index in [1.807, 2.05) is 23.8 Å². The van der Waals surface area contributed by atoms with Crippen LogP contribution in [0.2, 0.25) is 0 Å². The van der Waals surface area contributed by atoms with Crippen molar-refractivity contribution < 1.29 is 0 Å². The quantitative estimate of drug-likeness (QED) is 0.552. The minimum atomic E-state index is 0.653. The molecule has 0 aliphatic carbocycles. The Morgan fingerprint density at radius 2 is 2.56 bits per heavy atom. The first-order valence-corrected chi connectivity index (χ1v) is 3.27. The molecule has 0 saturated heterocycles. The Kier molecular flexibility index (Phi) is 1.95. The number of rotatable bonds is 1. The molecule has 9 heavy (non-hydrogen) atoms. The molecule has 0 saturated carbocycles. The van der Waals surface area contributed by atoms with Crippen LogP contribution in [0, 0.1) is 4.77 Å². The first-order valence-electron chi connectivity index (χ1n) is 2.86. The Hall–Kier alpha value is -0.700. The minimum absolute atomic E-state index is 0.653. The van der Waals surface area contributed by atoms with E-state index in [4.69, 9.17) is 12.2 Å². The molecule has 1 rings (SSSR count). The molecular weight excluding hydrogens is 132 g/mol. The highest BCUT2D eigenvalue weighted by atomic mass is 32.1. The number of hydrogen-bond donors (Lipinski definition) is 0. The van der Waals surface area contributed by atoms with Gasteiger partial charge in [-0.2, -0.15) is 0 Å². The molecule has 0 fully saturated rings. The highest BCUT2D eigenvalue weighted by molar-refractivity contribution is 7.71. The van der Waals surface area contributed by atoms with E-state index in [1.54, 1.807) is 6.20 Å². The maximum Gasteiger partial charge on any atom is 0.199 e. The van der Waals surface area contributed by atoms with Crippen molar-refractivity contribution in [1.82, 2.24) is 9.55 Å². The summed E-state index contributed by atoms with van der Waals surface area (Å²) in [5, 5.41) is 0. The zero-order valence-electron chi connectivity index (χ0n) is 5.24. The van der Waals surface area contributed by atoms with E-state index in [1.165, 1.54) is 0 Å². The molecule has 0 atom stereocenters. The van der Waals surface area contributed by atoms with Gasteiger partial charge in [0.05, 0.1) is 0 Å². The molecule has 2 nitrogen and oxygen atoms in total. The molecule has 0 amide bonds. The molecular formula is C6H8N2S. The zero-order valence-corrected chi connectivity index (χ0v) is 6.06. The van der Waals surface area contributed by atoms with Crippen molar-refractivity contribution in [2.75, 3.05) is 0 Å². The second-order valence-electron chi connectivity index (χ2n) is 1.69. The molecule has 1 aromatic rings. The van der Waals surface area contributed by atoms with E-state index in [-0.39, 0.29) is 0 Å². The molecule has 0 spiro atoms. The van der Waals surface area contributed by atoms with Crippen molar-refractivity contribution in [2.45, 2.75) is 13.5 Å². The molecule has 0 bridgehead atoms. The largest absolute Gasteiger partial charge is 0.324 e. The first kappa shape index (κ1) is 6.42. The normalized spacial score (nSPS) is 9.44. The third kappa shape index (κ3) is 1.36. The predicted molar refractivity (Wildman–Crippen MR) is 38.7 cm³/mol. The molecule has 0 radical (unpaired) electrons. The second kappa shape index (κ2) is 2.73. The summed E-state index contributed by atoms with van der Waals surface area (Å²) in [7, 11) is 0. The third-order valence-electron chi connectivity index (χ3n) is 1.12. The van der Waals surface area contributed by atoms with Crippen molar-refractivity contribution in [3.8, 4) is 0 Å². The molecule has 0 N–H and O–H groups in total. The number of hydrogen-bond acceptors (Lipinski definition) is 2. The lowest BCUT2D eigenvalue weighted by molar-refractivity contribution is 0.721. The van der Waals surface area contributed by atoms with Gasteiger partial charge in [-0.15, -0.1) is 0 Å². The first-order chi connectivity index (χ1) is 4.34. The summed E-state index contributed by atoms with van der Waals surface area (Å²) in [5.41, 5.74) is 0. The summed E-state index contributed by atoms with van der Waals surface area (Å²) in [6.07, 6.45) is 3.63. The Balaban J connectivity index is 3.16. The van der Waals surface area contributed by atoms with Crippen LogP contribution in [-0.4, -0.2) is 9.55 Å². The highest BCUT2D eigenvalue weighted by Gasteiger charge is 1.82. The fraction of sp³-hybridized carbons (Fsp3) is 0.333. The Labute approximate surface area is 59.2 Å². The van der Waals surface area contributed by atoms with Gasteiger partial charge in [0.2, 0.25) is 0 Å². The molecule has 0 aliphatic heterocycles. The Morgan fingerprint density at radius 3 is 3.00 bits per heavy atom. The summed E-state index contributed by atoms with van der Waals surface area (Å²) in [5.74, 6) is 0. The van der Waals surface area contributed by atoms with Gasteiger partial charge in [0.15, 0.2) is 4.77 Å². The van der Waals surface area contributed by atoms with E-state index < -0.39 is 0 Å². The van der Waals surface area contributed by atoms with Crippen molar-refractivity contribution in [3.05, 3.63) is 23.2 Å². The molecule has 0 aromatic carbocycles. The SMILES string of the molecule is CCn1cccnc1=S. The molecule has 48 valence electrons. The maximum atomic E-state index is 4.90. The average molecular weight is 140 g/mol. The lowest BCUT2D eigenvalue weighted by atomic mass is 10.6. The monoisotopic (exact) mass is 140 g/mol. The highest BCUT2D eigenvalue weighted by Crippen LogP contribution is 1.86. The van der Waals surface area contributed by atoms with Gasteiger partial charge in [0.1, 0.15) is 0 Å². The van der Waals surface area contributed by atoms with Crippen LogP contribution in [-0.2, 0) is 6.54 Å². The van der Waals surface area contributed by atoms with E-state index in [9.17, 15) is 0 Å². The van der Waals surface area contributed by atoms with Crippen LogP contribution < -0.4 is 0 Å². The van der Waals surface area contributed by atoms with Crippen LogP contribution in [0.15, 0.2) is 18.5 Å². The van der Waals surface area contributed by atoms with Crippen molar-refractivity contribution in [1.29, 1.82) is 0 Å². The van der Waals surface area contributed by atoms with Gasteiger partial charge in [0.25, 0.3) is 0 Å².